The lowest BCUT2D eigenvalue weighted by atomic mass is 10.1. The fourth-order valence-corrected chi connectivity index (χ4v) is 6.62. The van der Waals surface area contributed by atoms with Crippen LogP contribution in [0.4, 0.5) is 5.82 Å². The molecule has 21 nitrogen and oxygen atoms in total. The molecule has 2 fully saturated rings. The summed E-state index contributed by atoms with van der Waals surface area (Å²) in [7, 11) is -11.0. The van der Waals surface area contributed by atoms with E-state index in [9.17, 15) is 44.1 Å². The maximum Gasteiger partial charge on any atom is 0.478 e. The van der Waals surface area contributed by atoms with Gasteiger partial charge in [0.15, 0.2) is 36.2 Å². The minimum atomic E-state index is -5.62. The Hall–Kier alpha value is -3.01. The lowest BCUT2D eigenvalue weighted by molar-refractivity contribution is -0.765. The molecular weight excluding hydrogens is 636 g/mol. The van der Waals surface area contributed by atoms with Crippen LogP contribution in [0.3, 0.4) is 0 Å². The minimum Gasteiger partial charge on any atom is -0.756 e. The van der Waals surface area contributed by atoms with E-state index in [1.165, 1.54) is 40.0 Å². The fourth-order valence-electron chi connectivity index (χ4n) is 4.57. The van der Waals surface area contributed by atoms with E-state index in [1.54, 1.807) is 0 Å². The number of fused-ring (bicyclic) bond motifs is 1. The number of amides is 1. The van der Waals surface area contributed by atoms with E-state index >= 15 is 0 Å². The second-order valence-electron chi connectivity index (χ2n) is 9.67. The standard InChI is InChI=1S/C21H27N7O14P2/c22-17-12-19(25-7-24-17)28(8-26-12)21-16(32)14(30)11(41-21)6-39-44(36,37)42-43(34,35)38-5-10-13(29)15(31)20(40-10)27-3-1-2-9(4-27)18(23)33/h1-4,7-8,10-11,13-16,20-21,29-32H,5-6H2,(H5-,22,23,24,25,33,34,35,36,37)/t10-,11-,13-,14-,15+,16-,20+,21-/m1/s1. The topological polar surface area (TPSA) is 321 Å². The van der Waals surface area contributed by atoms with Crippen molar-refractivity contribution < 1.29 is 71.5 Å². The Morgan fingerprint density at radius 3 is 2.45 bits per heavy atom. The smallest absolute Gasteiger partial charge is 0.478 e. The molecule has 2 aliphatic rings. The van der Waals surface area contributed by atoms with E-state index in [0.29, 0.717) is 0 Å². The van der Waals surface area contributed by atoms with Gasteiger partial charge in [-0.15, -0.1) is 0 Å². The van der Waals surface area contributed by atoms with Crippen LogP contribution in [-0.4, -0.2) is 101 Å². The molecule has 2 aliphatic heterocycles. The molecule has 0 saturated carbocycles. The van der Waals surface area contributed by atoms with Crippen molar-refractivity contribution in [2.75, 3.05) is 18.9 Å². The summed E-state index contributed by atoms with van der Waals surface area (Å²) in [6.07, 6.45) is -7.05. The van der Waals surface area contributed by atoms with Gasteiger partial charge in [-0.2, -0.15) is 4.57 Å². The van der Waals surface area contributed by atoms with Gasteiger partial charge in [-0.1, -0.05) is 0 Å². The molecule has 3 aromatic heterocycles. The Labute approximate surface area is 246 Å². The number of phosphoric acid groups is 2. The van der Waals surface area contributed by atoms with E-state index in [1.807, 2.05) is 0 Å². The number of nitrogen functional groups attached to an aromatic ring is 1. The molecular formula is C21H27N7O14P2. The second-order valence-corrected chi connectivity index (χ2v) is 12.7. The van der Waals surface area contributed by atoms with Crippen LogP contribution in [0.2, 0.25) is 0 Å². The number of aromatic nitrogens is 5. The third-order valence-electron chi connectivity index (χ3n) is 6.74. The third kappa shape index (κ3) is 6.65. The lowest BCUT2D eigenvalue weighted by Gasteiger charge is -2.26. The summed E-state index contributed by atoms with van der Waals surface area (Å²) in [6, 6.07) is 2.82. The summed E-state index contributed by atoms with van der Waals surface area (Å²) < 4.78 is 51.5. The van der Waals surface area contributed by atoms with Crippen molar-refractivity contribution in [2.24, 2.45) is 5.73 Å². The first-order valence-corrected chi connectivity index (χ1v) is 15.5. The number of nitrogens with zero attached hydrogens (tertiary/aromatic N) is 5. The summed E-state index contributed by atoms with van der Waals surface area (Å²) in [5.41, 5.74) is 11.4. The van der Waals surface area contributed by atoms with Gasteiger partial charge in [-0.3, -0.25) is 18.5 Å². The normalized spacial score (nSPS) is 31.6. The van der Waals surface area contributed by atoms with Crippen LogP contribution in [0.1, 0.15) is 22.8 Å². The molecule has 9 N–H and O–H groups in total. The van der Waals surface area contributed by atoms with E-state index in [0.717, 1.165) is 6.33 Å². The molecule has 0 radical (unpaired) electrons. The molecule has 5 rings (SSSR count). The number of nitrogens with two attached hydrogens (primary N) is 2. The van der Waals surface area contributed by atoms with E-state index in [2.05, 4.69) is 28.3 Å². The molecule has 2 unspecified atom stereocenters. The maximum atomic E-state index is 12.4. The largest absolute Gasteiger partial charge is 0.756 e. The van der Waals surface area contributed by atoms with Crippen molar-refractivity contribution in [3.05, 3.63) is 42.7 Å². The molecule has 2 saturated heterocycles. The van der Waals surface area contributed by atoms with Gasteiger partial charge in [0.05, 0.1) is 19.5 Å². The number of aliphatic hydroxyl groups excluding tert-OH is 4. The summed E-state index contributed by atoms with van der Waals surface area (Å²) in [6.45, 7) is -1.89. The Kier molecular flexibility index (Phi) is 9.13. The Balaban J connectivity index is 1.16. The number of hydrogen-bond acceptors (Lipinski definition) is 17. The minimum absolute atomic E-state index is 0.0446. The quantitative estimate of drug-likeness (QED) is 0.0768. The third-order valence-corrected chi connectivity index (χ3v) is 9.30. The number of primary amides is 1. The van der Waals surface area contributed by atoms with Crippen molar-refractivity contribution >= 4 is 38.5 Å². The summed E-state index contributed by atoms with van der Waals surface area (Å²) in [5, 5.41) is 41.6. The number of pyridine rings is 1. The Bertz CT molecular complexity index is 1630. The summed E-state index contributed by atoms with van der Waals surface area (Å²) in [5.74, 6) is -0.729. The molecule has 0 aromatic carbocycles. The Morgan fingerprint density at radius 1 is 1.05 bits per heavy atom. The van der Waals surface area contributed by atoms with Gasteiger partial charge >= 0.3 is 7.82 Å². The predicted molar refractivity (Wildman–Crippen MR) is 137 cm³/mol. The number of aliphatic hydroxyl groups is 4. The average molecular weight is 663 g/mol. The second kappa shape index (κ2) is 12.4. The maximum absolute atomic E-state index is 12.4. The number of ether oxygens (including phenoxy) is 2. The highest BCUT2D eigenvalue weighted by atomic mass is 31.3. The molecule has 240 valence electrons. The van der Waals surface area contributed by atoms with Crippen molar-refractivity contribution in [3.8, 4) is 0 Å². The predicted octanol–water partition coefficient (Wildman–Crippen LogP) is -3.65. The van der Waals surface area contributed by atoms with Crippen LogP contribution >= 0.6 is 15.6 Å². The van der Waals surface area contributed by atoms with Crippen LogP contribution in [0.25, 0.3) is 11.2 Å². The fraction of sp³-hybridized carbons (Fsp3) is 0.476. The van der Waals surface area contributed by atoms with Crippen LogP contribution in [0.15, 0.2) is 37.2 Å². The van der Waals surface area contributed by atoms with Crippen molar-refractivity contribution in [3.63, 3.8) is 0 Å². The number of carbonyl (C=O) groups excluding carboxylic acids is 1. The molecule has 44 heavy (non-hydrogen) atoms. The van der Waals surface area contributed by atoms with Crippen molar-refractivity contribution in [1.29, 1.82) is 0 Å². The number of rotatable bonds is 11. The van der Waals surface area contributed by atoms with E-state index in [-0.39, 0.29) is 22.5 Å². The van der Waals surface area contributed by atoms with Crippen LogP contribution in [-0.2, 0) is 32.0 Å². The molecule has 0 spiro atoms. The van der Waals surface area contributed by atoms with E-state index in [4.69, 9.17) is 20.9 Å². The van der Waals surface area contributed by atoms with Gasteiger partial charge in [0.2, 0.25) is 0 Å². The zero-order valence-corrected chi connectivity index (χ0v) is 24.0. The Morgan fingerprint density at radius 2 is 1.73 bits per heavy atom. The van der Waals surface area contributed by atoms with Crippen molar-refractivity contribution in [1.82, 2.24) is 19.5 Å². The van der Waals surface area contributed by atoms with Gasteiger partial charge in [0.25, 0.3) is 20.0 Å². The molecule has 10 atom stereocenters. The van der Waals surface area contributed by atoms with Crippen LogP contribution in [0, 0.1) is 0 Å². The summed E-state index contributed by atoms with van der Waals surface area (Å²) >= 11 is 0. The average Bonchev–Trinajstić information content (AvgIpc) is 3.61. The van der Waals surface area contributed by atoms with Gasteiger partial charge in [0.1, 0.15) is 47.9 Å². The molecule has 0 bridgehead atoms. The highest BCUT2D eigenvalue weighted by Crippen LogP contribution is 2.58. The number of anilines is 1. The zero-order chi connectivity index (χ0) is 32.0. The first-order valence-electron chi connectivity index (χ1n) is 12.6. The lowest BCUT2D eigenvalue weighted by Crippen LogP contribution is -2.46. The van der Waals surface area contributed by atoms with Gasteiger partial charge in [0, 0.05) is 6.07 Å². The summed E-state index contributed by atoms with van der Waals surface area (Å²) in [4.78, 5) is 45.5. The molecule has 1 amide bonds. The van der Waals surface area contributed by atoms with Gasteiger partial charge < -0.3 is 55.7 Å². The SMILES string of the molecule is NC(=O)c1ccc[n+]([C@H]2O[C@H](COP(=O)([O-])OP(=O)(O)OC[C@H]3O[C@@H](n4cnc5c(N)ncnc54)[C@H](O)[C@@H]3O)[C@@H](O)[C@@H]2O)c1. The molecule has 5 heterocycles. The highest BCUT2D eigenvalue weighted by Gasteiger charge is 2.49. The first kappa shape index (κ1) is 32.4. The number of carbonyl (C=O) groups is 1. The van der Waals surface area contributed by atoms with Gasteiger partial charge in [-0.05, 0) is 6.07 Å². The van der Waals surface area contributed by atoms with Crippen LogP contribution < -0.4 is 20.9 Å². The highest BCUT2D eigenvalue weighted by molar-refractivity contribution is 7.60. The van der Waals surface area contributed by atoms with E-state index < -0.39 is 83.8 Å². The molecule has 0 aliphatic carbocycles. The number of hydrogen-bond donors (Lipinski definition) is 7. The monoisotopic (exact) mass is 663 g/mol. The zero-order valence-electron chi connectivity index (χ0n) is 22.2. The van der Waals surface area contributed by atoms with Crippen LogP contribution in [0.5, 0.6) is 0 Å². The first-order chi connectivity index (χ1) is 20.7. The van der Waals surface area contributed by atoms with Gasteiger partial charge in [-0.25, -0.2) is 23.8 Å². The number of phosphoric ester groups is 2. The van der Waals surface area contributed by atoms with Crippen molar-refractivity contribution in [2.45, 2.75) is 49.1 Å². The molecule has 23 heteroatoms. The number of imidazole rings is 1. The molecule has 3 aromatic rings.